The van der Waals surface area contributed by atoms with E-state index in [0.717, 1.165) is 29.4 Å². The smallest absolute Gasteiger partial charge is 0.376 e. The molecule has 2 unspecified atom stereocenters. The van der Waals surface area contributed by atoms with E-state index in [-0.39, 0.29) is 59.5 Å². The Balaban J connectivity index is 1.01. The van der Waals surface area contributed by atoms with Crippen molar-refractivity contribution in [3.8, 4) is 5.75 Å². The van der Waals surface area contributed by atoms with E-state index in [4.69, 9.17) is 16.3 Å². The molecule has 2 atom stereocenters. The van der Waals surface area contributed by atoms with Gasteiger partial charge in [-0.2, -0.15) is 10.1 Å². The first-order valence-electron chi connectivity index (χ1n) is 17.4. The summed E-state index contributed by atoms with van der Waals surface area (Å²) in [5, 5.41) is 47.3. The molecule has 4 amide bonds. The van der Waals surface area contributed by atoms with E-state index in [1.165, 1.54) is 31.4 Å². The summed E-state index contributed by atoms with van der Waals surface area (Å²) < 4.78 is 7.61. The van der Waals surface area contributed by atoms with Crippen LogP contribution >= 0.6 is 11.6 Å². The Hall–Kier alpha value is -5.56. The standard InChI is InChI=1S/C35H39ClN10O8/c1-37-28(47)10-8-26-33(50)46(35(51,52)53)24-7-4-20(16-27(24)54-26)40-31-23(36)17-38-34(42-31)45-13-11-18(12-14-45)39-19-3-5-21-25(15-19)44(2)43-30(21)22-6-9-29(48)41-32(22)49/h3-5,7,15-18,22,26,39,51-53H,6,8-14H2,1-2H3,(H,37,47)(H,38,40,42)(H,41,48,49). The van der Waals surface area contributed by atoms with E-state index in [1.807, 2.05) is 25.2 Å². The molecule has 0 aliphatic carbocycles. The summed E-state index contributed by atoms with van der Waals surface area (Å²) >= 11 is 6.49. The van der Waals surface area contributed by atoms with Crippen molar-refractivity contribution in [3.63, 3.8) is 0 Å². The SMILES string of the molecule is CNC(=O)CCC1Oc2cc(Nc3nc(N4CCC(Nc5ccc6c(C7CCC(=O)NC7=O)nn(C)c6c5)CC4)ncc3Cl)ccc2N(C(O)(O)O)C1=O. The van der Waals surface area contributed by atoms with Crippen LogP contribution in [-0.4, -0.2) is 97.1 Å². The Morgan fingerprint density at radius 1 is 1.07 bits per heavy atom. The predicted molar refractivity (Wildman–Crippen MR) is 196 cm³/mol. The summed E-state index contributed by atoms with van der Waals surface area (Å²) in [6.07, 6.45) is -1.16. The van der Waals surface area contributed by atoms with Crippen LogP contribution in [0.4, 0.5) is 28.8 Å². The number of fused-ring (bicyclic) bond motifs is 2. The predicted octanol–water partition coefficient (Wildman–Crippen LogP) is 1.57. The molecule has 3 aliphatic heterocycles. The number of halogens is 1. The number of nitrogens with one attached hydrogen (secondary N) is 4. The summed E-state index contributed by atoms with van der Waals surface area (Å²) in [6.45, 7) is 1.32. The quantitative estimate of drug-likeness (QED) is 0.0898. The molecule has 2 saturated heterocycles. The number of benzene rings is 2. The van der Waals surface area contributed by atoms with E-state index in [1.54, 1.807) is 4.68 Å². The number of aromatic nitrogens is 4. The largest absolute Gasteiger partial charge is 0.478 e. The molecule has 284 valence electrons. The third kappa shape index (κ3) is 7.45. The number of aliphatic hydroxyl groups is 3. The number of rotatable bonds is 10. The van der Waals surface area contributed by atoms with Gasteiger partial charge in [-0.15, -0.1) is 0 Å². The Kier molecular flexibility index (Phi) is 10.0. The van der Waals surface area contributed by atoms with Crippen molar-refractivity contribution in [2.45, 2.75) is 62.7 Å². The van der Waals surface area contributed by atoms with Crippen LogP contribution in [0.5, 0.6) is 5.75 Å². The fourth-order valence-corrected chi connectivity index (χ4v) is 7.14. The Morgan fingerprint density at radius 2 is 1.83 bits per heavy atom. The summed E-state index contributed by atoms with van der Waals surface area (Å²) in [5.74, 6) is -1.53. The zero-order chi connectivity index (χ0) is 38.3. The molecule has 2 aromatic heterocycles. The van der Waals surface area contributed by atoms with E-state index in [9.17, 15) is 34.5 Å². The summed E-state index contributed by atoms with van der Waals surface area (Å²) in [6, 6.07) is 10.5. The van der Waals surface area contributed by atoms with Gasteiger partial charge < -0.3 is 40.9 Å². The van der Waals surface area contributed by atoms with Gasteiger partial charge in [0.2, 0.25) is 23.7 Å². The lowest BCUT2D eigenvalue weighted by Gasteiger charge is -2.38. The molecule has 4 aromatic rings. The lowest BCUT2D eigenvalue weighted by molar-refractivity contribution is -0.307. The number of nitrogens with zero attached hydrogens (tertiary/aromatic N) is 6. The van der Waals surface area contributed by atoms with E-state index in [2.05, 4.69) is 41.2 Å². The van der Waals surface area contributed by atoms with E-state index in [0.29, 0.717) is 47.6 Å². The average Bonchev–Trinajstić information content (AvgIpc) is 3.46. The van der Waals surface area contributed by atoms with Crippen molar-refractivity contribution in [1.29, 1.82) is 0 Å². The van der Waals surface area contributed by atoms with Gasteiger partial charge in [0.1, 0.15) is 10.8 Å². The minimum absolute atomic E-state index is 0.0419. The fraction of sp³-hybridized carbons (Fsp3) is 0.400. The van der Waals surface area contributed by atoms with Gasteiger partial charge in [-0.05, 0) is 49.6 Å². The third-order valence-electron chi connectivity index (χ3n) is 9.77. The number of aryl methyl sites for hydroxylation is 1. The second-order valence-corrected chi connectivity index (χ2v) is 13.8. The van der Waals surface area contributed by atoms with Gasteiger partial charge in [-0.25, -0.2) is 9.88 Å². The van der Waals surface area contributed by atoms with Gasteiger partial charge in [0.05, 0.1) is 29.0 Å². The zero-order valence-electron chi connectivity index (χ0n) is 29.4. The van der Waals surface area contributed by atoms with Crippen molar-refractivity contribution < 1.29 is 39.2 Å². The normalized spacial score (nSPS) is 19.3. The lowest BCUT2D eigenvalue weighted by Crippen LogP contribution is -2.58. The molecule has 7 N–H and O–H groups in total. The van der Waals surface area contributed by atoms with Crippen molar-refractivity contribution in [2.24, 2.45) is 7.05 Å². The number of hydrogen-bond acceptors (Lipinski definition) is 14. The number of amides is 4. The van der Waals surface area contributed by atoms with Crippen LogP contribution in [0.3, 0.4) is 0 Å². The molecule has 2 fully saturated rings. The summed E-state index contributed by atoms with van der Waals surface area (Å²) in [5.41, 5.74) is 2.80. The van der Waals surface area contributed by atoms with Crippen LogP contribution in [0, 0.1) is 0 Å². The van der Waals surface area contributed by atoms with E-state index < -0.39 is 24.0 Å². The number of ether oxygens (including phenoxy) is 1. The maximum atomic E-state index is 13.0. The van der Waals surface area contributed by atoms with Crippen LogP contribution in [0.25, 0.3) is 10.9 Å². The molecule has 0 radical (unpaired) electrons. The van der Waals surface area contributed by atoms with Crippen LogP contribution < -0.4 is 35.8 Å². The lowest BCUT2D eigenvalue weighted by atomic mass is 9.93. The van der Waals surface area contributed by atoms with Crippen molar-refractivity contribution in [1.82, 2.24) is 30.4 Å². The maximum absolute atomic E-state index is 13.0. The van der Waals surface area contributed by atoms with Gasteiger partial charge in [0.15, 0.2) is 11.9 Å². The first kappa shape index (κ1) is 36.8. The van der Waals surface area contributed by atoms with Gasteiger partial charge in [0.25, 0.3) is 5.91 Å². The number of carbonyl (C=O) groups is 4. The molecule has 54 heavy (non-hydrogen) atoms. The number of carbonyl (C=O) groups excluding carboxylic acids is 4. The molecular formula is C35H39ClN10O8. The molecule has 0 bridgehead atoms. The molecule has 2 aromatic carbocycles. The van der Waals surface area contributed by atoms with Crippen LogP contribution in [0.1, 0.15) is 50.1 Å². The minimum Gasteiger partial charge on any atom is -0.478 e. The Bertz CT molecular complexity index is 2130. The molecule has 3 aliphatic rings. The molecule has 7 rings (SSSR count). The van der Waals surface area contributed by atoms with Gasteiger partial charge in [-0.3, -0.25) is 29.2 Å². The van der Waals surface area contributed by atoms with Gasteiger partial charge in [-0.1, -0.05) is 11.6 Å². The highest BCUT2D eigenvalue weighted by molar-refractivity contribution is 6.33. The number of hydrogen-bond donors (Lipinski definition) is 7. The van der Waals surface area contributed by atoms with Crippen molar-refractivity contribution in [3.05, 3.63) is 53.3 Å². The van der Waals surface area contributed by atoms with Crippen molar-refractivity contribution in [2.75, 3.05) is 40.6 Å². The monoisotopic (exact) mass is 762 g/mol. The highest BCUT2D eigenvalue weighted by atomic mass is 35.5. The minimum atomic E-state index is -3.51. The maximum Gasteiger partial charge on any atom is 0.376 e. The Morgan fingerprint density at radius 3 is 2.56 bits per heavy atom. The first-order valence-corrected chi connectivity index (χ1v) is 17.8. The van der Waals surface area contributed by atoms with Gasteiger partial charge >= 0.3 is 6.10 Å². The van der Waals surface area contributed by atoms with Crippen LogP contribution in [-0.2, 0) is 26.2 Å². The second kappa shape index (κ2) is 14.7. The zero-order valence-corrected chi connectivity index (χ0v) is 30.1. The summed E-state index contributed by atoms with van der Waals surface area (Å²) in [4.78, 5) is 60.5. The molecule has 19 heteroatoms. The van der Waals surface area contributed by atoms with E-state index >= 15 is 0 Å². The number of piperidine rings is 2. The molecule has 5 heterocycles. The van der Waals surface area contributed by atoms with Crippen LogP contribution in [0.2, 0.25) is 5.02 Å². The van der Waals surface area contributed by atoms with Gasteiger partial charge in [0, 0.05) is 75.3 Å². The molecule has 18 nitrogen and oxygen atoms in total. The average molecular weight is 763 g/mol. The fourth-order valence-electron chi connectivity index (χ4n) is 7.00. The molecule has 0 spiro atoms. The number of imide groups is 1. The van der Waals surface area contributed by atoms with Crippen LogP contribution in [0.15, 0.2) is 42.6 Å². The summed E-state index contributed by atoms with van der Waals surface area (Å²) in [7, 11) is 3.29. The highest BCUT2D eigenvalue weighted by Gasteiger charge is 2.45. The third-order valence-corrected chi connectivity index (χ3v) is 10.0. The molecule has 0 saturated carbocycles. The highest BCUT2D eigenvalue weighted by Crippen LogP contribution is 2.40. The topological polar surface area (TPSA) is 236 Å². The number of anilines is 5. The second-order valence-electron chi connectivity index (χ2n) is 13.4. The molecular weight excluding hydrogens is 724 g/mol. The van der Waals surface area contributed by atoms with Crippen molar-refractivity contribution >= 4 is 75.0 Å². The first-order chi connectivity index (χ1) is 25.8. The Labute approximate surface area is 313 Å².